The number of oxime groups is 1. The summed E-state index contributed by atoms with van der Waals surface area (Å²) in [5.41, 5.74) is 1.50. The molecule has 0 spiro atoms. The molecule has 0 aliphatic rings. The second-order valence-electron chi connectivity index (χ2n) is 4.09. The Hall–Kier alpha value is -1.55. The topological polar surface area (TPSA) is 45.1 Å². The standard InChI is InChI=1S/C14H22N2O2/c1-4-16(5-2)10-11-18-14-8-6-13(7-9-14)12(3)15-17/h6-9,17H,4-5,10-11H2,1-3H3/b15-12+. The Morgan fingerprint density at radius 2 is 1.83 bits per heavy atom. The summed E-state index contributed by atoms with van der Waals surface area (Å²) in [6.45, 7) is 9.77. The smallest absolute Gasteiger partial charge is 0.119 e. The van der Waals surface area contributed by atoms with Gasteiger partial charge in [0.15, 0.2) is 0 Å². The minimum absolute atomic E-state index is 0.602. The Bertz CT molecular complexity index is 370. The van der Waals surface area contributed by atoms with Gasteiger partial charge in [-0.15, -0.1) is 0 Å². The van der Waals surface area contributed by atoms with E-state index in [1.165, 1.54) is 0 Å². The van der Waals surface area contributed by atoms with Crippen LogP contribution >= 0.6 is 0 Å². The van der Waals surface area contributed by atoms with E-state index >= 15 is 0 Å². The molecule has 0 aliphatic heterocycles. The highest BCUT2D eigenvalue weighted by Crippen LogP contribution is 2.12. The van der Waals surface area contributed by atoms with Crippen molar-refractivity contribution in [1.29, 1.82) is 0 Å². The molecular weight excluding hydrogens is 228 g/mol. The molecule has 4 heteroatoms. The van der Waals surface area contributed by atoms with Gasteiger partial charge < -0.3 is 14.8 Å². The molecule has 0 aromatic heterocycles. The highest BCUT2D eigenvalue weighted by Gasteiger charge is 2.01. The summed E-state index contributed by atoms with van der Waals surface area (Å²) in [5, 5.41) is 11.8. The number of hydrogen-bond donors (Lipinski definition) is 1. The molecule has 0 bridgehead atoms. The van der Waals surface area contributed by atoms with Gasteiger partial charge in [0.2, 0.25) is 0 Å². The van der Waals surface area contributed by atoms with Crippen LogP contribution in [0.4, 0.5) is 0 Å². The van der Waals surface area contributed by atoms with E-state index in [-0.39, 0.29) is 0 Å². The van der Waals surface area contributed by atoms with Crippen molar-refractivity contribution in [2.45, 2.75) is 20.8 Å². The lowest BCUT2D eigenvalue weighted by Crippen LogP contribution is -2.27. The van der Waals surface area contributed by atoms with Crippen LogP contribution in [-0.4, -0.2) is 42.1 Å². The van der Waals surface area contributed by atoms with Gasteiger partial charge >= 0.3 is 0 Å². The summed E-state index contributed by atoms with van der Waals surface area (Å²) in [7, 11) is 0. The van der Waals surface area contributed by atoms with Gasteiger partial charge in [0.05, 0.1) is 5.71 Å². The van der Waals surface area contributed by atoms with Crippen LogP contribution in [0.25, 0.3) is 0 Å². The maximum Gasteiger partial charge on any atom is 0.119 e. The second kappa shape index (κ2) is 7.71. The highest BCUT2D eigenvalue weighted by molar-refractivity contribution is 5.98. The van der Waals surface area contributed by atoms with E-state index in [0.29, 0.717) is 12.3 Å². The maximum absolute atomic E-state index is 8.67. The fourth-order valence-corrected chi connectivity index (χ4v) is 1.68. The van der Waals surface area contributed by atoms with Gasteiger partial charge in [0.25, 0.3) is 0 Å². The minimum atomic E-state index is 0.602. The summed E-state index contributed by atoms with van der Waals surface area (Å²) in [5.74, 6) is 0.844. The van der Waals surface area contributed by atoms with Gasteiger partial charge in [-0.2, -0.15) is 0 Å². The van der Waals surface area contributed by atoms with Crippen molar-refractivity contribution in [2.75, 3.05) is 26.2 Å². The van der Waals surface area contributed by atoms with Gasteiger partial charge in [-0.3, -0.25) is 0 Å². The molecule has 0 fully saturated rings. The van der Waals surface area contributed by atoms with Crippen molar-refractivity contribution in [3.63, 3.8) is 0 Å². The largest absolute Gasteiger partial charge is 0.492 e. The molecule has 0 radical (unpaired) electrons. The molecule has 0 atom stereocenters. The van der Waals surface area contributed by atoms with Crippen LogP contribution in [0.15, 0.2) is 29.4 Å². The van der Waals surface area contributed by atoms with E-state index < -0.39 is 0 Å². The molecule has 100 valence electrons. The summed E-state index contributed by atoms with van der Waals surface area (Å²) < 4.78 is 5.66. The Kier molecular flexibility index (Phi) is 6.22. The lowest BCUT2D eigenvalue weighted by molar-refractivity contribution is 0.223. The van der Waals surface area contributed by atoms with Gasteiger partial charge in [-0.25, -0.2) is 0 Å². The van der Waals surface area contributed by atoms with Crippen LogP contribution in [0.5, 0.6) is 5.75 Å². The van der Waals surface area contributed by atoms with Gasteiger partial charge in [-0.05, 0) is 49.8 Å². The third kappa shape index (κ3) is 4.37. The molecule has 0 amide bonds. The number of benzene rings is 1. The van der Waals surface area contributed by atoms with Gasteiger partial charge in [0.1, 0.15) is 12.4 Å². The molecule has 18 heavy (non-hydrogen) atoms. The third-order valence-corrected chi connectivity index (χ3v) is 2.99. The number of nitrogens with zero attached hydrogens (tertiary/aromatic N) is 2. The summed E-state index contributed by atoms with van der Waals surface area (Å²) in [4.78, 5) is 2.32. The minimum Gasteiger partial charge on any atom is -0.492 e. The van der Waals surface area contributed by atoms with Crippen molar-refractivity contribution >= 4 is 5.71 Å². The zero-order valence-corrected chi connectivity index (χ0v) is 11.4. The van der Waals surface area contributed by atoms with Crippen molar-refractivity contribution in [2.24, 2.45) is 5.16 Å². The van der Waals surface area contributed by atoms with Crippen molar-refractivity contribution in [3.05, 3.63) is 29.8 Å². The Labute approximate surface area is 109 Å². The molecule has 1 N–H and O–H groups in total. The first-order valence-electron chi connectivity index (χ1n) is 6.35. The summed E-state index contributed by atoms with van der Waals surface area (Å²) in [6.07, 6.45) is 0. The summed E-state index contributed by atoms with van der Waals surface area (Å²) >= 11 is 0. The molecule has 0 saturated carbocycles. The van der Waals surface area contributed by atoms with Crippen LogP contribution in [0.2, 0.25) is 0 Å². The Morgan fingerprint density at radius 1 is 1.22 bits per heavy atom. The van der Waals surface area contributed by atoms with Gasteiger partial charge in [0, 0.05) is 6.54 Å². The van der Waals surface area contributed by atoms with Crippen LogP contribution < -0.4 is 4.74 Å². The molecule has 1 aromatic rings. The molecule has 4 nitrogen and oxygen atoms in total. The number of hydrogen-bond acceptors (Lipinski definition) is 4. The van der Waals surface area contributed by atoms with E-state index in [9.17, 15) is 0 Å². The molecule has 1 aromatic carbocycles. The fraction of sp³-hybridized carbons (Fsp3) is 0.500. The molecule has 0 aliphatic carbocycles. The van der Waals surface area contributed by atoms with Crippen LogP contribution in [0.1, 0.15) is 26.3 Å². The number of ether oxygens (including phenoxy) is 1. The Balaban J connectivity index is 2.44. The van der Waals surface area contributed by atoms with Crippen LogP contribution in [-0.2, 0) is 0 Å². The predicted octanol–water partition coefficient (Wildman–Crippen LogP) is 2.61. The second-order valence-corrected chi connectivity index (χ2v) is 4.09. The van der Waals surface area contributed by atoms with E-state index in [2.05, 4.69) is 23.9 Å². The third-order valence-electron chi connectivity index (χ3n) is 2.99. The first kappa shape index (κ1) is 14.5. The number of likely N-dealkylation sites (N-methyl/N-ethyl adjacent to an activating group) is 1. The Morgan fingerprint density at radius 3 is 2.33 bits per heavy atom. The molecule has 0 saturated heterocycles. The lowest BCUT2D eigenvalue weighted by Gasteiger charge is -2.18. The van der Waals surface area contributed by atoms with E-state index in [1.54, 1.807) is 6.92 Å². The van der Waals surface area contributed by atoms with Crippen molar-refractivity contribution in [3.8, 4) is 5.75 Å². The van der Waals surface area contributed by atoms with Gasteiger partial charge in [-0.1, -0.05) is 19.0 Å². The monoisotopic (exact) mass is 250 g/mol. The highest BCUT2D eigenvalue weighted by atomic mass is 16.5. The first-order chi connectivity index (χ1) is 8.71. The summed E-state index contributed by atoms with van der Waals surface area (Å²) in [6, 6.07) is 7.57. The average molecular weight is 250 g/mol. The first-order valence-corrected chi connectivity index (χ1v) is 6.35. The van der Waals surface area contributed by atoms with Crippen LogP contribution in [0, 0.1) is 0 Å². The van der Waals surface area contributed by atoms with Crippen molar-refractivity contribution in [1.82, 2.24) is 4.90 Å². The molecular formula is C14H22N2O2. The zero-order valence-electron chi connectivity index (χ0n) is 11.4. The lowest BCUT2D eigenvalue weighted by atomic mass is 10.1. The molecule has 0 heterocycles. The fourth-order valence-electron chi connectivity index (χ4n) is 1.68. The quantitative estimate of drug-likeness (QED) is 0.459. The van der Waals surface area contributed by atoms with Crippen LogP contribution in [0.3, 0.4) is 0 Å². The van der Waals surface area contributed by atoms with Crippen molar-refractivity contribution < 1.29 is 9.94 Å². The zero-order chi connectivity index (χ0) is 13.4. The SMILES string of the molecule is CCN(CC)CCOc1ccc(/C(C)=N/O)cc1. The van der Waals surface area contributed by atoms with E-state index in [1.807, 2.05) is 24.3 Å². The molecule has 0 unspecified atom stereocenters. The van der Waals surface area contributed by atoms with E-state index in [0.717, 1.165) is 30.9 Å². The normalized spacial score (nSPS) is 11.9. The number of rotatable bonds is 7. The average Bonchev–Trinajstić information content (AvgIpc) is 2.43. The molecule has 1 rings (SSSR count). The predicted molar refractivity (Wildman–Crippen MR) is 73.7 cm³/mol. The van der Waals surface area contributed by atoms with E-state index in [4.69, 9.17) is 9.94 Å². The maximum atomic E-state index is 8.67.